The molecule has 2 aromatic heterocycles. The van der Waals surface area contributed by atoms with Crippen molar-refractivity contribution in [2.24, 2.45) is 5.73 Å². The van der Waals surface area contributed by atoms with Crippen LogP contribution in [0.4, 0.5) is 13.2 Å². The number of aromatic nitrogens is 4. The van der Waals surface area contributed by atoms with Gasteiger partial charge in [-0.2, -0.15) is 4.68 Å². The van der Waals surface area contributed by atoms with E-state index in [9.17, 15) is 22.8 Å². The number of halogens is 3. The second-order valence-corrected chi connectivity index (χ2v) is 7.64. The quantitative estimate of drug-likeness (QED) is 0.478. The average Bonchev–Trinajstić information content (AvgIpc) is 3.45. The Bertz CT molecular complexity index is 1490. The van der Waals surface area contributed by atoms with Gasteiger partial charge in [-0.3, -0.25) is 9.36 Å². The first-order valence-corrected chi connectivity index (χ1v) is 10.1. The average molecular weight is 471 g/mol. The van der Waals surface area contributed by atoms with Crippen molar-refractivity contribution < 1.29 is 27.1 Å². The maximum atomic E-state index is 14.8. The van der Waals surface area contributed by atoms with E-state index in [1.807, 2.05) is 0 Å². The third-order valence-corrected chi connectivity index (χ3v) is 5.49. The first kappa shape index (κ1) is 21.5. The van der Waals surface area contributed by atoms with Crippen LogP contribution in [0.25, 0.3) is 5.69 Å². The summed E-state index contributed by atoms with van der Waals surface area (Å²) in [4.78, 5) is 28.0. The van der Waals surface area contributed by atoms with E-state index in [4.69, 9.17) is 14.9 Å². The Kier molecular flexibility index (Phi) is 5.00. The van der Waals surface area contributed by atoms with E-state index >= 15 is 0 Å². The van der Waals surface area contributed by atoms with Gasteiger partial charge in [-0.15, -0.1) is 5.10 Å². The molecule has 174 valence electrons. The van der Waals surface area contributed by atoms with Crippen molar-refractivity contribution >= 4 is 5.91 Å². The van der Waals surface area contributed by atoms with Crippen molar-refractivity contribution in [3.05, 3.63) is 87.3 Å². The number of hydrogen-bond donors (Lipinski definition) is 1. The predicted molar refractivity (Wildman–Crippen MR) is 110 cm³/mol. The molecule has 0 aliphatic carbocycles. The van der Waals surface area contributed by atoms with Gasteiger partial charge in [0, 0.05) is 18.1 Å². The maximum absolute atomic E-state index is 14.8. The van der Waals surface area contributed by atoms with Crippen molar-refractivity contribution in [1.82, 2.24) is 19.3 Å². The molecule has 1 amide bonds. The molecule has 9 nitrogen and oxygen atoms in total. The van der Waals surface area contributed by atoms with E-state index in [0.29, 0.717) is 18.7 Å². The number of oxazole rings is 1. The Labute approximate surface area is 189 Å². The zero-order chi connectivity index (χ0) is 24.1. The zero-order valence-corrected chi connectivity index (χ0v) is 17.6. The fourth-order valence-corrected chi connectivity index (χ4v) is 3.95. The van der Waals surface area contributed by atoms with Gasteiger partial charge in [0.15, 0.2) is 11.6 Å². The van der Waals surface area contributed by atoms with Crippen molar-refractivity contribution in [3.63, 3.8) is 0 Å². The molecule has 0 bridgehead atoms. The van der Waals surface area contributed by atoms with Crippen LogP contribution in [-0.2, 0) is 6.42 Å². The summed E-state index contributed by atoms with van der Waals surface area (Å²) >= 11 is 0. The number of nitrogens with two attached hydrogens (primary N) is 1. The fraction of sp³-hybridized carbons (Fsp3) is 0.182. The largest absolute Gasteiger partial charge is 0.421 e. The van der Waals surface area contributed by atoms with Crippen LogP contribution >= 0.6 is 0 Å². The maximum Gasteiger partial charge on any atom is 0.351 e. The SMILES string of the molecule is Cc1nc(C(N)=O)oc1Oc1ccc(-n2nc3n(c2=O)[C@H](c2c(F)cccc2F)CC3)cc1F. The van der Waals surface area contributed by atoms with Crippen LogP contribution < -0.4 is 16.2 Å². The van der Waals surface area contributed by atoms with Gasteiger partial charge >= 0.3 is 17.5 Å². The van der Waals surface area contributed by atoms with Crippen LogP contribution in [0.3, 0.4) is 0 Å². The topological polar surface area (TPSA) is 118 Å². The number of nitrogens with zero attached hydrogens (tertiary/aromatic N) is 4. The van der Waals surface area contributed by atoms with Crippen LogP contribution in [0.1, 0.15) is 40.2 Å². The lowest BCUT2D eigenvalue weighted by Gasteiger charge is -2.14. The van der Waals surface area contributed by atoms with E-state index in [2.05, 4.69) is 10.1 Å². The van der Waals surface area contributed by atoms with E-state index in [-0.39, 0.29) is 34.5 Å². The highest BCUT2D eigenvalue weighted by Crippen LogP contribution is 2.33. The first-order chi connectivity index (χ1) is 16.2. The fourth-order valence-electron chi connectivity index (χ4n) is 3.95. The van der Waals surface area contributed by atoms with Gasteiger partial charge in [0.25, 0.3) is 5.89 Å². The van der Waals surface area contributed by atoms with Gasteiger partial charge in [-0.1, -0.05) is 6.07 Å². The number of ether oxygens (including phenoxy) is 1. The molecular weight excluding hydrogens is 455 g/mol. The number of carbonyl (C=O) groups is 1. The molecule has 5 rings (SSSR count). The highest BCUT2D eigenvalue weighted by Gasteiger charge is 2.33. The smallest absolute Gasteiger partial charge is 0.351 e. The molecule has 4 aromatic rings. The minimum Gasteiger partial charge on any atom is -0.421 e. The van der Waals surface area contributed by atoms with Gasteiger partial charge in [-0.05, 0) is 37.6 Å². The minimum atomic E-state index is -0.908. The molecule has 0 saturated carbocycles. The number of amides is 1. The van der Waals surface area contributed by atoms with Gasteiger partial charge < -0.3 is 14.9 Å². The molecule has 34 heavy (non-hydrogen) atoms. The highest BCUT2D eigenvalue weighted by molar-refractivity contribution is 5.88. The van der Waals surface area contributed by atoms with Gasteiger partial charge in [-0.25, -0.2) is 22.9 Å². The molecule has 0 saturated heterocycles. The summed E-state index contributed by atoms with van der Waals surface area (Å²) in [7, 11) is 0. The number of primary amides is 1. The Morgan fingerprint density at radius 2 is 1.91 bits per heavy atom. The first-order valence-electron chi connectivity index (χ1n) is 10.1. The van der Waals surface area contributed by atoms with Crippen molar-refractivity contribution in [2.75, 3.05) is 0 Å². The van der Waals surface area contributed by atoms with Crippen LogP contribution in [0.15, 0.2) is 45.6 Å². The Hall–Kier alpha value is -4.35. The lowest BCUT2D eigenvalue weighted by Crippen LogP contribution is -2.27. The second-order valence-electron chi connectivity index (χ2n) is 7.64. The monoisotopic (exact) mass is 471 g/mol. The van der Waals surface area contributed by atoms with Crippen molar-refractivity contribution in [3.8, 4) is 17.4 Å². The molecule has 12 heteroatoms. The van der Waals surface area contributed by atoms with Crippen LogP contribution in [-0.4, -0.2) is 25.2 Å². The second kappa shape index (κ2) is 7.90. The summed E-state index contributed by atoms with van der Waals surface area (Å²) < 4.78 is 56.0. The molecular formula is C22H16F3N5O4. The summed E-state index contributed by atoms with van der Waals surface area (Å²) in [6.07, 6.45) is 0.624. The molecule has 1 aliphatic heterocycles. The number of fused-ring (bicyclic) bond motifs is 1. The van der Waals surface area contributed by atoms with E-state index in [0.717, 1.165) is 22.9 Å². The van der Waals surface area contributed by atoms with Crippen molar-refractivity contribution in [1.29, 1.82) is 0 Å². The third-order valence-electron chi connectivity index (χ3n) is 5.49. The normalized spacial score (nSPS) is 14.9. The molecule has 2 N–H and O–H groups in total. The van der Waals surface area contributed by atoms with Crippen LogP contribution in [0.2, 0.25) is 0 Å². The standard InChI is InChI=1S/C22H16F3N5O4/c1-10-21(34-20(27-10)19(26)31)33-16-7-5-11(9-14(16)25)30-22(32)29-15(6-8-17(29)28-30)18-12(23)3-2-4-13(18)24/h2-5,7,9,15H,6,8H2,1H3,(H2,26,31)/t15-/m0/s1. The Balaban J connectivity index is 1.48. The lowest BCUT2D eigenvalue weighted by atomic mass is 10.0. The van der Waals surface area contributed by atoms with Crippen molar-refractivity contribution in [2.45, 2.75) is 25.8 Å². The summed E-state index contributed by atoms with van der Waals surface area (Å²) in [5.74, 6) is -3.81. The number of rotatable bonds is 5. The minimum absolute atomic E-state index is 0.0802. The molecule has 3 heterocycles. The summed E-state index contributed by atoms with van der Waals surface area (Å²) in [6, 6.07) is 6.27. The number of aryl methyl sites for hydroxylation is 2. The summed E-state index contributed by atoms with van der Waals surface area (Å²) in [5, 5.41) is 4.22. The van der Waals surface area contributed by atoms with Gasteiger partial charge in [0.2, 0.25) is 0 Å². The zero-order valence-electron chi connectivity index (χ0n) is 17.6. The molecule has 0 radical (unpaired) electrons. The highest BCUT2D eigenvalue weighted by atomic mass is 19.1. The van der Waals surface area contributed by atoms with Gasteiger partial charge in [0.1, 0.15) is 23.2 Å². The van der Waals surface area contributed by atoms with Crippen LogP contribution in [0.5, 0.6) is 11.7 Å². The number of carbonyl (C=O) groups excluding carboxylic acids is 1. The van der Waals surface area contributed by atoms with E-state index in [1.54, 1.807) is 0 Å². The van der Waals surface area contributed by atoms with E-state index in [1.165, 1.54) is 29.7 Å². The Morgan fingerprint density at radius 3 is 2.56 bits per heavy atom. The predicted octanol–water partition coefficient (Wildman–Crippen LogP) is 3.17. The van der Waals surface area contributed by atoms with Gasteiger partial charge in [0.05, 0.1) is 11.7 Å². The molecule has 1 aliphatic rings. The summed E-state index contributed by atoms with van der Waals surface area (Å²) in [6.45, 7) is 1.48. The van der Waals surface area contributed by atoms with E-state index < -0.39 is 35.1 Å². The molecule has 0 fully saturated rings. The third kappa shape index (κ3) is 3.43. The molecule has 0 spiro atoms. The Morgan fingerprint density at radius 1 is 1.18 bits per heavy atom. The lowest BCUT2D eigenvalue weighted by molar-refractivity contribution is 0.0962. The summed E-state index contributed by atoms with van der Waals surface area (Å²) in [5.41, 5.74) is 4.50. The van der Waals surface area contributed by atoms with Crippen LogP contribution in [0, 0.1) is 24.4 Å². The number of hydrogen-bond acceptors (Lipinski definition) is 6. The molecule has 1 atom stereocenters. The number of benzene rings is 2. The molecule has 0 unspecified atom stereocenters. The molecule has 2 aromatic carbocycles.